The Hall–Kier alpha value is -2.14. The van der Waals surface area contributed by atoms with Crippen molar-refractivity contribution in [2.24, 2.45) is 5.73 Å². The van der Waals surface area contributed by atoms with Gasteiger partial charge in [0.25, 0.3) is 0 Å². The second-order valence-electron chi connectivity index (χ2n) is 4.18. The number of aromatic nitrogens is 3. The van der Waals surface area contributed by atoms with Gasteiger partial charge in [0.15, 0.2) is 11.5 Å². The van der Waals surface area contributed by atoms with Crippen LogP contribution in [0, 0.1) is 6.92 Å². The zero-order valence-corrected chi connectivity index (χ0v) is 10.1. The first-order valence-corrected chi connectivity index (χ1v) is 5.88. The lowest BCUT2D eigenvalue weighted by Crippen LogP contribution is -2.03. The minimum atomic E-state index is 0.598. The third-order valence-electron chi connectivity index (χ3n) is 2.88. The van der Waals surface area contributed by atoms with E-state index in [9.17, 15) is 0 Å². The highest BCUT2D eigenvalue weighted by atomic mass is 16.3. The van der Waals surface area contributed by atoms with Gasteiger partial charge in [-0.2, -0.15) is 0 Å². The zero-order valence-electron chi connectivity index (χ0n) is 10.1. The van der Waals surface area contributed by atoms with Crippen molar-refractivity contribution in [3.8, 4) is 11.3 Å². The van der Waals surface area contributed by atoms with Crippen LogP contribution < -0.4 is 5.73 Å². The average Bonchev–Trinajstić information content (AvgIpc) is 2.93. The molecule has 2 heterocycles. The molecule has 0 saturated carbocycles. The molecule has 5 heteroatoms. The van der Waals surface area contributed by atoms with Crippen molar-refractivity contribution in [1.29, 1.82) is 0 Å². The van der Waals surface area contributed by atoms with Crippen LogP contribution in [0.3, 0.4) is 0 Å². The standard InChI is InChI=1S/C13H14N4O/c1-8-17-11-6-9(2-3-12(11)18-8)13-10(4-5-14)15-7-16-13/h2-3,6-7H,4-5,14H2,1H3,(H,15,16). The maximum absolute atomic E-state index is 5.59. The third kappa shape index (κ3) is 1.78. The molecule has 92 valence electrons. The van der Waals surface area contributed by atoms with Crippen LogP contribution >= 0.6 is 0 Å². The average molecular weight is 242 g/mol. The van der Waals surface area contributed by atoms with Gasteiger partial charge < -0.3 is 15.1 Å². The summed E-state index contributed by atoms with van der Waals surface area (Å²) in [6.07, 6.45) is 2.48. The van der Waals surface area contributed by atoms with E-state index in [4.69, 9.17) is 10.2 Å². The van der Waals surface area contributed by atoms with Crippen LogP contribution in [-0.4, -0.2) is 21.5 Å². The van der Waals surface area contributed by atoms with Gasteiger partial charge in [-0.25, -0.2) is 9.97 Å². The molecule has 18 heavy (non-hydrogen) atoms. The first kappa shape index (κ1) is 11.0. The van der Waals surface area contributed by atoms with E-state index in [1.807, 2.05) is 25.1 Å². The lowest BCUT2D eigenvalue weighted by molar-refractivity contribution is 0.561. The molecule has 0 saturated heterocycles. The first-order valence-electron chi connectivity index (χ1n) is 5.88. The lowest BCUT2D eigenvalue weighted by atomic mass is 10.1. The predicted molar refractivity (Wildman–Crippen MR) is 69.1 cm³/mol. The Morgan fingerprint density at radius 1 is 1.39 bits per heavy atom. The summed E-state index contributed by atoms with van der Waals surface area (Å²) in [7, 11) is 0. The predicted octanol–water partition coefficient (Wildman–Crippen LogP) is 2.03. The van der Waals surface area contributed by atoms with Gasteiger partial charge in [0, 0.05) is 24.6 Å². The Labute approximate surface area is 104 Å². The molecule has 2 aromatic heterocycles. The normalized spacial score (nSPS) is 11.2. The smallest absolute Gasteiger partial charge is 0.192 e. The summed E-state index contributed by atoms with van der Waals surface area (Å²) in [5.74, 6) is 0.673. The van der Waals surface area contributed by atoms with Crippen molar-refractivity contribution >= 4 is 11.1 Å². The SMILES string of the molecule is Cc1nc2cc(-c3nc[nH]c3CCN)ccc2o1. The summed E-state index contributed by atoms with van der Waals surface area (Å²) >= 11 is 0. The molecular weight excluding hydrogens is 228 g/mol. The number of nitrogens with one attached hydrogen (secondary N) is 1. The van der Waals surface area contributed by atoms with E-state index in [0.717, 1.165) is 34.5 Å². The molecule has 0 radical (unpaired) electrons. The topological polar surface area (TPSA) is 80.7 Å². The fourth-order valence-electron chi connectivity index (χ4n) is 2.09. The van der Waals surface area contributed by atoms with E-state index in [2.05, 4.69) is 15.0 Å². The summed E-state index contributed by atoms with van der Waals surface area (Å²) in [6, 6.07) is 5.90. The van der Waals surface area contributed by atoms with E-state index in [1.165, 1.54) is 0 Å². The van der Waals surface area contributed by atoms with Crippen molar-refractivity contribution in [2.75, 3.05) is 6.54 Å². The van der Waals surface area contributed by atoms with Gasteiger partial charge in [-0.15, -0.1) is 0 Å². The summed E-state index contributed by atoms with van der Waals surface area (Å²) in [5, 5.41) is 0. The zero-order chi connectivity index (χ0) is 12.5. The van der Waals surface area contributed by atoms with Gasteiger partial charge in [-0.1, -0.05) is 0 Å². The Bertz CT molecular complexity index is 683. The van der Waals surface area contributed by atoms with Gasteiger partial charge in [0.05, 0.1) is 12.0 Å². The molecule has 5 nitrogen and oxygen atoms in total. The molecule has 0 fully saturated rings. The highest BCUT2D eigenvalue weighted by molar-refractivity contribution is 5.79. The van der Waals surface area contributed by atoms with Gasteiger partial charge in [-0.3, -0.25) is 0 Å². The van der Waals surface area contributed by atoms with Crippen LogP contribution in [0.25, 0.3) is 22.4 Å². The molecule has 0 aliphatic carbocycles. The molecule has 0 amide bonds. The van der Waals surface area contributed by atoms with Crippen molar-refractivity contribution in [1.82, 2.24) is 15.0 Å². The third-order valence-corrected chi connectivity index (χ3v) is 2.88. The minimum Gasteiger partial charge on any atom is -0.441 e. The Kier molecular flexibility index (Phi) is 2.60. The van der Waals surface area contributed by atoms with E-state index in [0.29, 0.717) is 12.4 Å². The molecule has 3 aromatic rings. The molecular formula is C13H14N4O. The van der Waals surface area contributed by atoms with Crippen LogP contribution in [-0.2, 0) is 6.42 Å². The Balaban J connectivity index is 2.10. The van der Waals surface area contributed by atoms with E-state index in [1.54, 1.807) is 6.33 Å². The summed E-state index contributed by atoms with van der Waals surface area (Å²) < 4.78 is 5.46. The number of imidazole rings is 1. The lowest BCUT2D eigenvalue weighted by Gasteiger charge is -2.01. The number of hydrogen-bond donors (Lipinski definition) is 2. The number of hydrogen-bond acceptors (Lipinski definition) is 4. The van der Waals surface area contributed by atoms with E-state index >= 15 is 0 Å². The van der Waals surface area contributed by atoms with Crippen molar-refractivity contribution < 1.29 is 4.42 Å². The fraction of sp³-hybridized carbons (Fsp3) is 0.231. The van der Waals surface area contributed by atoms with Gasteiger partial charge >= 0.3 is 0 Å². The molecule has 0 spiro atoms. The number of nitrogens with two attached hydrogens (primary N) is 1. The van der Waals surface area contributed by atoms with Crippen LogP contribution in [0.4, 0.5) is 0 Å². The molecule has 0 unspecified atom stereocenters. The minimum absolute atomic E-state index is 0.598. The van der Waals surface area contributed by atoms with Crippen molar-refractivity contribution in [3.63, 3.8) is 0 Å². The number of oxazole rings is 1. The van der Waals surface area contributed by atoms with Gasteiger partial charge in [-0.05, 0) is 24.7 Å². The van der Waals surface area contributed by atoms with Crippen molar-refractivity contribution in [3.05, 3.63) is 36.1 Å². The molecule has 0 atom stereocenters. The van der Waals surface area contributed by atoms with Crippen LogP contribution in [0.15, 0.2) is 28.9 Å². The fourth-order valence-corrected chi connectivity index (χ4v) is 2.09. The van der Waals surface area contributed by atoms with E-state index < -0.39 is 0 Å². The Morgan fingerprint density at radius 2 is 2.28 bits per heavy atom. The maximum Gasteiger partial charge on any atom is 0.192 e. The van der Waals surface area contributed by atoms with Gasteiger partial charge in [0.1, 0.15) is 5.52 Å². The number of rotatable bonds is 3. The summed E-state index contributed by atoms with van der Waals surface area (Å²) in [4.78, 5) is 11.8. The Morgan fingerprint density at radius 3 is 3.11 bits per heavy atom. The molecule has 3 rings (SSSR count). The second kappa shape index (κ2) is 4.27. The van der Waals surface area contributed by atoms with Crippen molar-refractivity contribution in [2.45, 2.75) is 13.3 Å². The highest BCUT2D eigenvalue weighted by Crippen LogP contribution is 2.25. The second-order valence-corrected chi connectivity index (χ2v) is 4.18. The number of fused-ring (bicyclic) bond motifs is 1. The quantitative estimate of drug-likeness (QED) is 0.736. The number of aromatic amines is 1. The molecule has 0 aliphatic heterocycles. The largest absolute Gasteiger partial charge is 0.441 e. The monoisotopic (exact) mass is 242 g/mol. The number of aryl methyl sites for hydroxylation is 1. The van der Waals surface area contributed by atoms with Crippen LogP contribution in [0.5, 0.6) is 0 Å². The maximum atomic E-state index is 5.59. The van der Waals surface area contributed by atoms with Crippen LogP contribution in [0.1, 0.15) is 11.6 Å². The number of H-pyrrole nitrogens is 1. The summed E-state index contributed by atoms with van der Waals surface area (Å²) in [6.45, 7) is 2.44. The molecule has 0 aliphatic rings. The highest BCUT2D eigenvalue weighted by Gasteiger charge is 2.10. The molecule has 0 bridgehead atoms. The summed E-state index contributed by atoms with van der Waals surface area (Å²) in [5.41, 5.74) is 10.3. The number of benzene rings is 1. The van der Waals surface area contributed by atoms with E-state index in [-0.39, 0.29) is 0 Å². The molecule has 3 N–H and O–H groups in total. The first-order chi connectivity index (χ1) is 8.78. The van der Waals surface area contributed by atoms with Crippen LogP contribution in [0.2, 0.25) is 0 Å². The number of nitrogens with zero attached hydrogens (tertiary/aromatic N) is 2. The molecule has 1 aromatic carbocycles. The van der Waals surface area contributed by atoms with Gasteiger partial charge in [0.2, 0.25) is 0 Å².